The summed E-state index contributed by atoms with van der Waals surface area (Å²) >= 11 is 12.2. The zero-order valence-electron chi connectivity index (χ0n) is 13.4. The van der Waals surface area contributed by atoms with Crippen molar-refractivity contribution in [2.24, 2.45) is 0 Å². The van der Waals surface area contributed by atoms with Gasteiger partial charge in [-0.05, 0) is 30.2 Å². The van der Waals surface area contributed by atoms with E-state index in [4.69, 9.17) is 23.2 Å². The molecule has 3 rings (SSSR count). The molecule has 0 radical (unpaired) electrons. The number of halogens is 2. The SMILES string of the molecule is CCCCC(=O)c1nn(Cc2ccc(Cl)cc2Cl)c2ccccc12. The number of hydrogen-bond donors (Lipinski definition) is 0. The Kier molecular flexibility index (Phi) is 5.22. The van der Waals surface area contributed by atoms with E-state index in [1.165, 1.54) is 0 Å². The number of ketones is 1. The van der Waals surface area contributed by atoms with Gasteiger partial charge in [-0.15, -0.1) is 0 Å². The molecule has 0 aliphatic carbocycles. The van der Waals surface area contributed by atoms with Crippen LogP contribution in [0.4, 0.5) is 0 Å². The van der Waals surface area contributed by atoms with Crippen LogP contribution in [0.25, 0.3) is 10.9 Å². The van der Waals surface area contributed by atoms with E-state index in [1.807, 2.05) is 41.1 Å². The second kappa shape index (κ2) is 7.37. The molecule has 0 atom stereocenters. The molecule has 0 fully saturated rings. The molecule has 0 N–H and O–H groups in total. The van der Waals surface area contributed by atoms with Crippen LogP contribution >= 0.6 is 23.2 Å². The number of carbonyl (C=O) groups excluding carboxylic acids is 1. The summed E-state index contributed by atoms with van der Waals surface area (Å²) in [6.07, 6.45) is 2.40. The van der Waals surface area contributed by atoms with Gasteiger partial charge in [0.15, 0.2) is 5.78 Å². The van der Waals surface area contributed by atoms with Crippen LogP contribution in [0.2, 0.25) is 10.0 Å². The molecule has 1 heterocycles. The van der Waals surface area contributed by atoms with E-state index in [0.717, 1.165) is 29.3 Å². The van der Waals surface area contributed by atoms with Crippen molar-refractivity contribution in [1.29, 1.82) is 0 Å². The molecule has 3 nitrogen and oxygen atoms in total. The fraction of sp³-hybridized carbons (Fsp3) is 0.263. The van der Waals surface area contributed by atoms with Crippen LogP contribution in [-0.4, -0.2) is 15.6 Å². The zero-order valence-corrected chi connectivity index (χ0v) is 14.9. The minimum Gasteiger partial charge on any atom is -0.292 e. The number of para-hydroxylation sites is 1. The lowest BCUT2D eigenvalue weighted by Gasteiger charge is -2.06. The van der Waals surface area contributed by atoms with Gasteiger partial charge in [0.2, 0.25) is 0 Å². The predicted octanol–water partition coefficient (Wildman–Crippen LogP) is 5.76. The quantitative estimate of drug-likeness (QED) is 0.523. The fourth-order valence-electron chi connectivity index (χ4n) is 2.72. The van der Waals surface area contributed by atoms with E-state index < -0.39 is 0 Å². The van der Waals surface area contributed by atoms with Crippen LogP contribution in [0.5, 0.6) is 0 Å². The maximum absolute atomic E-state index is 12.5. The van der Waals surface area contributed by atoms with Gasteiger partial charge in [0.1, 0.15) is 5.69 Å². The largest absolute Gasteiger partial charge is 0.292 e. The van der Waals surface area contributed by atoms with Crippen LogP contribution in [0.15, 0.2) is 42.5 Å². The average molecular weight is 361 g/mol. The first-order chi connectivity index (χ1) is 11.6. The maximum atomic E-state index is 12.5. The second-order valence-corrected chi connectivity index (χ2v) is 6.63. The van der Waals surface area contributed by atoms with Gasteiger partial charge >= 0.3 is 0 Å². The van der Waals surface area contributed by atoms with Gasteiger partial charge in [-0.2, -0.15) is 5.10 Å². The van der Waals surface area contributed by atoms with Gasteiger partial charge in [-0.3, -0.25) is 9.48 Å². The van der Waals surface area contributed by atoms with Gasteiger partial charge in [0.05, 0.1) is 12.1 Å². The zero-order chi connectivity index (χ0) is 17.1. The van der Waals surface area contributed by atoms with Crippen molar-refractivity contribution in [1.82, 2.24) is 9.78 Å². The number of Topliss-reactive ketones (excluding diaryl/α,β-unsaturated/α-hetero) is 1. The number of carbonyl (C=O) groups is 1. The van der Waals surface area contributed by atoms with Crippen LogP contribution in [0, 0.1) is 0 Å². The first-order valence-electron chi connectivity index (χ1n) is 8.03. The van der Waals surface area contributed by atoms with Gasteiger partial charge in [-0.25, -0.2) is 0 Å². The molecule has 0 saturated carbocycles. The van der Waals surface area contributed by atoms with Gasteiger partial charge in [-0.1, -0.05) is 60.8 Å². The minimum absolute atomic E-state index is 0.0917. The third-order valence-electron chi connectivity index (χ3n) is 4.01. The first kappa shape index (κ1) is 17.0. The molecular formula is C19H18Cl2N2O. The monoisotopic (exact) mass is 360 g/mol. The second-order valence-electron chi connectivity index (χ2n) is 5.79. The maximum Gasteiger partial charge on any atom is 0.183 e. The van der Waals surface area contributed by atoms with Crippen LogP contribution in [0.3, 0.4) is 0 Å². The van der Waals surface area contributed by atoms with E-state index in [9.17, 15) is 4.79 Å². The number of nitrogens with zero attached hydrogens (tertiary/aromatic N) is 2. The molecule has 24 heavy (non-hydrogen) atoms. The van der Waals surface area contributed by atoms with Gasteiger partial charge < -0.3 is 0 Å². The van der Waals surface area contributed by atoms with Crippen molar-refractivity contribution in [3.63, 3.8) is 0 Å². The third kappa shape index (κ3) is 3.47. The number of unbranched alkanes of at least 4 members (excludes halogenated alkanes) is 1. The lowest BCUT2D eigenvalue weighted by molar-refractivity contribution is 0.0975. The van der Waals surface area contributed by atoms with Crippen molar-refractivity contribution >= 4 is 39.9 Å². The van der Waals surface area contributed by atoms with Crippen LogP contribution in [-0.2, 0) is 6.54 Å². The Bertz CT molecular complexity index is 886. The van der Waals surface area contributed by atoms with Gasteiger partial charge in [0.25, 0.3) is 0 Å². The molecular weight excluding hydrogens is 343 g/mol. The summed E-state index contributed by atoms with van der Waals surface area (Å²) in [5.74, 6) is 0.0917. The Morgan fingerprint density at radius 1 is 1.17 bits per heavy atom. The average Bonchev–Trinajstić information content (AvgIpc) is 2.94. The highest BCUT2D eigenvalue weighted by molar-refractivity contribution is 6.35. The standard InChI is InChI=1S/C19H18Cl2N2O/c1-2-3-8-18(24)19-15-6-4-5-7-17(15)23(22-19)12-13-9-10-14(20)11-16(13)21/h4-7,9-11H,2-3,8,12H2,1H3. The number of fused-ring (bicyclic) bond motifs is 1. The fourth-order valence-corrected chi connectivity index (χ4v) is 3.19. The minimum atomic E-state index is 0.0917. The Morgan fingerprint density at radius 2 is 1.96 bits per heavy atom. The van der Waals surface area contributed by atoms with Crippen molar-refractivity contribution in [2.45, 2.75) is 32.7 Å². The van der Waals surface area contributed by atoms with Gasteiger partial charge in [0, 0.05) is 21.9 Å². The summed E-state index contributed by atoms with van der Waals surface area (Å²) in [5.41, 5.74) is 2.40. The summed E-state index contributed by atoms with van der Waals surface area (Å²) in [4.78, 5) is 12.5. The topological polar surface area (TPSA) is 34.9 Å². The van der Waals surface area contributed by atoms with Crippen molar-refractivity contribution in [3.05, 3.63) is 63.8 Å². The molecule has 0 bridgehead atoms. The summed E-state index contributed by atoms with van der Waals surface area (Å²) in [6.45, 7) is 2.57. The lowest BCUT2D eigenvalue weighted by atomic mass is 10.1. The molecule has 0 amide bonds. The molecule has 0 aliphatic heterocycles. The number of benzene rings is 2. The lowest BCUT2D eigenvalue weighted by Crippen LogP contribution is -2.05. The molecule has 5 heteroatoms. The molecule has 3 aromatic rings. The molecule has 0 saturated heterocycles. The Balaban J connectivity index is 2.00. The van der Waals surface area contributed by atoms with E-state index in [2.05, 4.69) is 12.0 Å². The van der Waals surface area contributed by atoms with Crippen molar-refractivity contribution in [2.75, 3.05) is 0 Å². The van der Waals surface area contributed by atoms with Crippen LogP contribution < -0.4 is 0 Å². The van der Waals surface area contributed by atoms with Crippen LogP contribution in [0.1, 0.15) is 42.2 Å². The van der Waals surface area contributed by atoms with E-state index in [1.54, 1.807) is 6.07 Å². The third-order valence-corrected chi connectivity index (χ3v) is 4.60. The highest BCUT2D eigenvalue weighted by Gasteiger charge is 2.17. The molecule has 124 valence electrons. The number of aromatic nitrogens is 2. The van der Waals surface area contributed by atoms with Crippen molar-refractivity contribution < 1.29 is 4.79 Å². The van der Waals surface area contributed by atoms with E-state index in [-0.39, 0.29) is 5.78 Å². The number of rotatable bonds is 6. The normalized spacial score (nSPS) is 11.1. The summed E-state index contributed by atoms with van der Waals surface area (Å²) in [6, 6.07) is 13.2. The Hall–Kier alpha value is -1.84. The molecule has 2 aromatic carbocycles. The van der Waals surface area contributed by atoms with Crippen molar-refractivity contribution in [3.8, 4) is 0 Å². The molecule has 1 aromatic heterocycles. The molecule has 0 unspecified atom stereocenters. The highest BCUT2D eigenvalue weighted by atomic mass is 35.5. The Labute approximate surface area is 151 Å². The first-order valence-corrected chi connectivity index (χ1v) is 8.78. The summed E-state index contributed by atoms with van der Waals surface area (Å²) < 4.78 is 1.84. The predicted molar refractivity (Wildman–Crippen MR) is 99.2 cm³/mol. The van der Waals surface area contributed by atoms with E-state index in [0.29, 0.717) is 28.7 Å². The van der Waals surface area contributed by atoms with E-state index >= 15 is 0 Å². The smallest absolute Gasteiger partial charge is 0.183 e. The summed E-state index contributed by atoms with van der Waals surface area (Å²) in [5, 5.41) is 6.67. The Morgan fingerprint density at radius 3 is 2.71 bits per heavy atom. The molecule has 0 aliphatic rings. The summed E-state index contributed by atoms with van der Waals surface area (Å²) in [7, 11) is 0. The highest BCUT2D eigenvalue weighted by Crippen LogP contribution is 2.25. The number of hydrogen-bond acceptors (Lipinski definition) is 2. The molecule has 0 spiro atoms.